The number of benzene rings is 1. The molecule has 0 bridgehead atoms. The van der Waals surface area contributed by atoms with E-state index >= 15 is 0 Å². The lowest BCUT2D eigenvalue weighted by Crippen LogP contribution is -2.38. The minimum absolute atomic E-state index is 0. The van der Waals surface area contributed by atoms with E-state index in [4.69, 9.17) is 11.6 Å². The average molecular weight is 373 g/mol. The molecule has 1 aromatic carbocycles. The number of urea groups is 1. The largest absolute Gasteiger partial charge is 0.352 e. The SMILES string of the molecule is Cl.O=C(NCC1CCCNC1)c1cc(N2CCNC2=O)ccc1Cl. The van der Waals surface area contributed by atoms with Crippen molar-refractivity contribution in [1.82, 2.24) is 16.0 Å². The number of rotatable bonds is 4. The molecule has 132 valence electrons. The molecule has 0 aromatic heterocycles. The summed E-state index contributed by atoms with van der Waals surface area (Å²) in [4.78, 5) is 25.8. The van der Waals surface area contributed by atoms with Gasteiger partial charge in [-0.1, -0.05) is 11.6 Å². The van der Waals surface area contributed by atoms with Crippen LogP contribution in [0.4, 0.5) is 10.5 Å². The molecule has 2 aliphatic rings. The second kappa shape index (κ2) is 8.55. The summed E-state index contributed by atoms with van der Waals surface area (Å²) in [6, 6.07) is 4.96. The van der Waals surface area contributed by atoms with Crippen LogP contribution in [0.25, 0.3) is 0 Å². The number of carbonyl (C=O) groups excluding carboxylic acids is 2. The van der Waals surface area contributed by atoms with Crippen LogP contribution in [0.2, 0.25) is 5.02 Å². The molecule has 0 aliphatic carbocycles. The summed E-state index contributed by atoms with van der Waals surface area (Å²) in [6.45, 7) is 3.82. The quantitative estimate of drug-likeness (QED) is 0.756. The van der Waals surface area contributed by atoms with E-state index in [0.29, 0.717) is 41.8 Å². The average Bonchev–Trinajstić information content (AvgIpc) is 3.00. The number of hydrogen-bond donors (Lipinski definition) is 3. The molecule has 3 rings (SSSR count). The molecule has 24 heavy (non-hydrogen) atoms. The predicted molar refractivity (Wildman–Crippen MR) is 97.4 cm³/mol. The Morgan fingerprint density at radius 1 is 1.38 bits per heavy atom. The monoisotopic (exact) mass is 372 g/mol. The number of amides is 3. The van der Waals surface area contributed by atoms with Crippen molar-refractivity contribution >= 4 is 41.6 Å². The Morgan fingerprint density at radius 3 is 2.88 bits per heavy atom. The Labute approximate surface area is 152 Å². The molecule has 8 heteroatoms. The normalized spacial score (nSPS) is 20.3. The number of anilines is 1. The lowest BCUT2D eigenvalue weighted by molar-refractivity contribution is 0.0945. The van der Waals surface area contributed by atoms with E-state index < -0.39 is 0 Å². The van der Waals surface area contributed by atoms with Gasteiger partial charge in [0.1, 0.15) is 0 Å². The van der Waals surface area contributed by atoms with Gasteiger partial charge in [-0.25, -0.2) is 4.79 Å². The molecule has 2 aliphatic heterocycles. The van der Waals surface area contributed by atoms with Crippen LogP contribution in [-0.4, -0.2) is 44.7 Å². The van der Waals surface area contributed by atoms with Gasteiger partial charge in [-0.15, -0.1) is 12.4 Å². The molecular weight excluding hydrogens is 351 g/mol. The minimum Gasteiger partial charge on any atom is -0.352 e. The first-order valence-corrected chi connectivity index (χ1v) is 8.37. The number of nitrogens with zero attached hydrogens (tertiary/aromatic N) is 1. The smallest absolute Gasteiger partial charge is 0.321 e. The Balaban J connectivity index is 0.00000208. The van der Waals surface area contributed by atoms with E-state index in [0.717, 1.165) is 25.9 Å². The maximum atomic E-state index is 12.4. The molecule has 0 saturated carbocycles. The van der Waals surface area contributed by atoms with Gasteiger partial charge in [0.05, 0.1) is 10.6 Å². The number of piperidine rings is 1. The first-order chi connectivity index (χ1) is 11.1. The van der Waals surface area contributed by atoms with Gasteiger partial charge < -0.3 is 16.0 Å². The van der Waals surface area contributed by atoms with Gasteiger partial charge in [-0.05, 0) is 50.0 Å². The summed E-state index contributed by atoms with van der Waals surface area (Å²) in [5.41, 5.74) is 1.10. The highest BCUT2D eigenvalue weighted by Gasteiger charge is 2.23. The highest BCUT2D eigenvalue weighted by Crippen LogP contribution is 2.24. The molecular formula is C16H22Cl2N4O2. The molecule has 2 heterocycles. The van der Waals surface area contributed by atoms with Crippen LogP contribution < -0.4 is 20.9 Å². The number of halogens is 2. The van der Waals surface area contributed by atoms with Gasteiger partial charge in [0, 0.05) is 25.3 Å². The lowest BCUT2D eigenvalue weighted by atomic mass is 9.99. The molecule has 1 aromatic rings. The molecule has 1 atom stereocenters. The minimum atomic E-state index is -0.193. The second-order valence-corrected chi connectivity index (χ2v) is 6.38. The third-order valence-corrected chi connectivity index (χ3v) is 4.64. The van der Waals surface area contributed by atoms with E-state index in [1.54, 1.807) is 23.1 Å². The van der Waals surface area contributed by atoms with Crippen molar-refractivity contribution in [2.24, 2.45) is 5.92 Å². The maximum Gasteiger partial charge on any atom is 0.321 e. The zero-order valence-corrected chi connectivity index (χ0v) is 14.9. The molecule has 0 spiro atoms. The number of carbonyl (C=O) groups is 2. The summed E-state index contributed by atoms with van der Waals surface area (Å²) < 4.78 is 0. The third kappa shape index (κ3) is 4.32. The van der Waals surface area contributed by atoms with Crippen LogP contribution >= 0.6 is 24.0 Å². The van der Waals surface area contributed by atoms with Crippen LogP contribution in [0, 0.1) is 5.92 Å². The van der Waals surface area contributed by atoms with Gasteiger partial charge in [0.25, 0.3) is 5.91 Å². The fourth-order valence-corrected chi connectivity index (χ4v) is 3.21. The summed E-state index contributed by atoms with van der Waals surface area (Å²) in [5.74, 6) is 0.265. The fraction of sp³-hybridized carbons (Fsp3) is 0.500. The summed E-state index contributed by atoms with van der Waals surface area (Å²) in [6.07, 6.45) is 2.26. The van der Waals surface area contributed by atoms with Gasteiger partial charge in [0.15, 0.2) is 0 Å². The van der Waals surface area contributed by atoms with Crippen molar-refractivity contribution in [3.05, 3.63) is 28.8 Å². The van der Waals surface area contributed by atoms with Gasteiger partial charge >= 0.3 is 6.03 Å². The molecule has 0 radical (unpaired) electrons. The van der Waals surface area contributed by atoms with Crippen molar-refractivity contribution in [2.45, 2.75) is 12.8 Å². The third-order valence-electron chi connectivity index (χ3n) is 4.31. The Kier molecular flexibility index (Phi) is 6.71. The summed E-state index contributed by atoms with van der Waals surface area (Å²) in [7, 11) is 0. The number of nitrogens with one attached hydrogen (secondary N) is 3. The van der Waals surface area contributed by atoms with Crippen molar-refractivity contribution in [1.29, 1.82) is 0 Å². The molecule has 6 nitrogen and oxygen atoms in total. The van der Waals surface area contributed by atoms with Crippen LogP contribution in [-0.2, 0) is 0 Å². The highest BCUT2D eigenvalue weighted by molar-refractivity contribution is 6.34. The molecule has 2 fully saturated rings. The van der Waals surface area contributed by atoms with Crippen molar-refractivity contribution in [3.63, 3.8) is 0 Å². The van der Waals surface area contributed by atoms with Crippen molar-refractivity contribution in [2.75, 3.05) is 37.6 Å². The zero-order chi connectivity index (χ0) is 16.2. The molecule has 3 N–H and O–H groups in total. The molecule has 3 amide bonds. The Morgan fingerprint density at radius 2 is 2.21 bits per heavy atom. The van der Waals surface area contributed by atoms with Crippen LogP contribution in [0.5, 0.6) is 0 Å². The molecule has 1 unspecified atom stereocenters. The van der Waals surface area contributed by atoms with Crippen molar-refractivity contribution in [3.8, 4) is 0 Å². The van der Waals surface area contributed by atoms with E-state index in [1.165, 1.54) is 0 Å². The lowest BCUT2D eigenvalue weighted by Gasteiger charge is -2.23. The van der Waals surface area contributed by atoms with E-state index in [9.17, 15) is 9.59 Å². The summed E-state index contributed by atoms with van der Waals surface area (Å²) in [5, 5.41) is 9.43. The van der Waals surface area contributed by atoms with E-state index in [1.807, 2.05) is 0 Å². The first kappa shape index (κ1) is 18.8. The van der Waals surface area contributed by atoms with Crippen LogP contribution in [0.3, 0.4) is 0 Å². The molecule has 2 saturated heterocycles. The van der Waals surface area contributed by atoms with Crippen LogP contribution in [0.1, 0.15) is 23.2 Å². The highest BCUT2D eigenvalue weighted by atomic mass is 35.5. The maximum absolute atomic E-state index is 12.4. The van der Waals surface area contributed by atoms with E-state index in [-0.39, 0.29) is 24.3 Å². The van der Waals surface area contributed by atoms with E-state index in [2.05, 4.69) is 16.0 Å². The fourth-order valence-electron chi connectivity index (χ4n) is 3.00. The predicted octanol–water partition coefficient (Wildman–Crippen LogP) is 2.02. The van der Waals surface area contributed by atoms with Crippen molar-refractivity contribution < 1.29 is 9.59 Å². The van der Waals surface area contributed by atoms with Gasteiger partial charge in [-0.3, -0.25) is 9.69 Å². The first-order valence-electron chi connectivity index (χ1n) is 7.99. The summed E-state index contributed by atoms with van der Waals surface area (Å²) >= 11 is 6.16. The standard InChI is InChI=1S/C16H21ClN4O2.ClH/c17-14-4-3-12(21-7-6-19-16(21)23)8-13(14)15(22)20-10-11-2-1-5-18-9-11;/h3-4,8,11,18H,1-2,5-7,9-10H2,(H,19,23)(H,20,22);1H. The number of hydrogen-bond acceptors (Lipinski definition) is 3. The second-order valence-electron chi connectivity index (χ2n) is 5.97. The Hall–Kier alpha value is -1.50. The van der Waals surface area contributed by atoms with Crippen LogP contribution in [0.15, 0.2) is 18.2 Å². The topological polar surface area (TPSA) is 73.5 Å². The van der Waals surface area contributed by atoms with Gasteiger partial charge in [0.2, 0.25) is 0 Å². The Bertz CT molecular complexity index is 606. The zero-order valence-electron chi connectivity index (χ0n) is 13.3. The van der Waals surface area contributed by atoms with Gasteiger partial charge in [-0.2, -0.15) is 0 Å².